The molecule has 1 fully saturated rings. The third-order valence-electron chi connectivity index (χ3n) is 7.82. The van der Waals surface area contributed by atoms with Crippen molar-refractivity contribution in [2.45, 2.75) is 72.3 Å². The van der Waals surface area contributed by atoms with Crippen molar-refractivity contribution in [3.8, 4) is 0 Å². The molecule has 3 heterocycles. The molecule has 2 aromatic heterocycles. The highest BCUT2D eigenvalue weighted by Gasteiger charge is 2.25. The Balaban J connectivity index is 1.34. The number of anilines is 1. The van der Waals surface area contributed by atoms with Crippen molar-refractivity contribution >= 4 is 29.6 Å². The molecule has 2 aliphatic carbocycles. The lowest BCUT2D eigenvalue weighted by Crippen LogP contribution is -2.14. The monoisotopic (exact) mass is 589 g/mol. The Hall–Kier alpha value is -3.72. The molecule has 7 nitrogen and oxygen atoms in total. The minimum Gasteiger partial charge on any atom is -0.459 e. The van der Waals surface area contributed by atoms with Crippen LogP contribution in [0.5, 0.6) is 0 Å². The molecule has 2 aromatic rings. The minimum atomic E-state index is -0.319. The molecule has 9 heteroatoms. The first-order valence-corrected chi connectivity index (χ1v) is 15.8. The smallest absolute Gasteiger partial charge is 0.214 e. The van der Waals surface area contributed by atoms with E-state index in [1.165, 1.54) is 23.9 Å². The van der Waals surface area contributed by atoms with E-state index in [1.54, 1.807) is 11.6 Å². The molecule has 5 rings (SSSR count). The Morgan fingerprint density at radius 2 is 2.12 bits per heavy atom. The average molecular weight is 590 g/mol. The van der Waals surface area contributed by atoms with Gasteiger partial charge in [-0.05, 0) is 86.1 Å². The number of nitrogens with two attached hydrogens (primary N) is 1. The van der Waals surface area contributed by atoms with Gasteiger partial charge in [0.1, 0.15) is 23.2 Å². The number of aromatic nitrogens is 3. The van der Waals surface area contributed by atoms with E-state index in [0.717, 1.165) is 48.4 Å². The highest BCUT2D eigenvalue weighted by molar-refractivity contribution is 7.97. The van der Waals surface area contributed by atoms with Gasteiger partial charge < -0.3 is 19.8 Å². The van der Waals surface area contributed by atoms with Gasteiger partial charge in [-0.1, -0.05) is 38.5 Å². The SMILES string of the molecule is CCCC/C(OC1=CC=CC(n2ncc(C(=O)c3cc4c([nH]3)CC=C(N3CCCS3)C(C)=C4)c2N)C(C)=C1)=C(/F)CC. The maximum absolute atomic E-state index is 14.5. The van der Waals surface area contributed by atoms with Crippen LogP contribution in [0.2, 0.25) is 0 Å². The van der Waals surface area contributed by atoms with Crippen LogP contribution in [0.1, 0.15) is 93.2 Å². The van der Waals surface area contributed by atoms with Gasteiger partial charge in [-0.15, -0.1) is 0 Å². The molecule has 0 saturated carbocycles. The van der Waals surface area contributed by atoms with Crippen molar-refractivity contribution in [3.05, 3.63) is 99.3 Å². The maximum Gasteiger partial charge on any atom is 0.214 e. The first-order chi connectivity index (χ1) is 20.3. The average Bonchev–Trinajstić information content (AvgIpc) is 3.69. The van der Waals surface area contributed by atoms with Crippen LogP contribution in [-0.4, -0.2) is 37.2 Å². The normalized spacial score (nSPS) is 19.3. The largest absolute Gasteiger partial charge is 0.459 e. The van der Waals surface area contributed by atoms with Gasteiger partial charge in [-0.3, -0.25) is 4.79 Å². The Kier molecular flexibility index (Phi) is 9.26. The summed E-state index contributed by atoms with van der Waals surface area (Å²) in [5.41, 5.74) is 12.8. The molecule has 1 aliphatic heterocycles. The zero-order valence-corrected chi connectivity index (χ0v) is 25.7. The van der Waals surface area contributed by atoms with Gasteiger partial charge in [0, 0.05) is 36.5 Å². The number of allylic oxidation sites excluding steroid dienone is 9. The second kappa shape index (κ2) is 13.1. The molecule has 0 aromatic carbocycles. The molecule has 1 unspecified atom stereocenters. The van der Waals surface area contributed by atoms with E-state index in [-0.39, 0.29) is 23.5 Å². The summed E-state index contributed by atoms with van der Waals surface area (Å²) in [6.07, 6.45) is 18.0. The van der Waals surface area contributed by atoms with Crippen molar-refractivity contribution in [2.24, 2.45) is 0 Å². The molecule has 1 saturated heterocycles. The number of unbranched alkanes of at least 4 members (excludes halogenated alkanes) is 1. The number of hydrogen-bond donors (Lipinski definition) is 2. The van der Waals surface area contributed by atoms with Gasteiger partial charge in [0.25, 0.3) is 0 Å². The molecular weight excluding hydrogens is 549 g/mol. The van der Waals surface area contributed by atoms with Crippen LogP contribution in [0.4, 0.5) is 10.2 Å². The second-order valence-electron chi connectivity index (χ2n) is 10.9. The van der Waals surface area contributed by atoms with E-state index < -0.39 is 0 Å². The number of nitrogen functional groups attached to an aromatic ring is 1. The molecule has 0 radical (unpaired) electrons. The Morgan fingerprint density at radius 1 is 1.29 bits per heavy atom. The number of carbonyl (C=O) groups excluding carboxylic acids is 1. The van der Waals surface area contributed by atoms with Gasteiger partial charge >= 0.3 is 0 Å². The van der Waals surface area contributed by atoms with Gasteiger partial charge in [-0.25, -0.2) is 9.07 Å². The topological polar surface area (TPSA) is 89.2 Å². The summed E-state index contributed by atoms with van der Waals surface area (Å²) in [4.78, 5) is 17.0. The highest BCUT2D eigenvalue weighted by Crippen LogP contribution is 2.34. The van der Waals surface area contributed by atoms with Crippen LogP contribution in [0.15, 0.2) is 76.8 Å². The molecule has 42 heavy (non-hydrogen) atoms. The number of ether oxygens (including phenoxy) is 1. The Labute approximate surface area is 251 Å². The Bertz CT molecular complexity index is 1530. The van der Waals surface area contributed by atoms with Gasteiger partial charge in [0.15, 0.2) is 0 Å². The fraction of sp³-hybridized carbons (Fsp3) is 0.394. The quantitative estimate of drug-likeness (QED) is 0.166. The van der Waals surface area contributed by atoms with Crippen LogP contribution in [0.3, 0.4) is 0 Å². The van der Waals surface area contributed by atoms with Gasteiger partial charge in [-0.2, -0.15) is 5.10 Å². The van der Waals surface area contributed by atoms with E-state index in [0.29, 0.717) is 35.6 Å². The van der Waals surface area contributed by atoms with E-state index in [4.69, 9.17) is 10.5 Å². The van der Waals surface area contributed by atoms with Crippen molar-refractivity contribution < 1.29 is 13.9 Å². The number of nitrogens with zero attached hydrogens (tertiary/aromatic N) is 3. The lowest BCUT2D eigenvalue weighted by molar-refractivity contribution is 0.103. The summed E-state index contributed by atoms with van der Waals surface area (Å²) in [6.45, 7) is 8.99. The first-order valence-electron chi connectivity index (χ1n) is 14.8. The molecule has 3 aliphatic rings. The van der Waals surface area contributed by atoms with E-state index >= 15 is 0 Å². The van der Waals surface area contributed by atoms with Crippen molar-refractivity contribution in [1.82, 2.24) is 19.1 Å². The van der Waals surface area contributed by atoms with Crippen LogP contribution < -0.4 is 5.73 Å². The van der Waals surface area contributed by atoms with E-state index in [9.17, 15) is 9.18 Å². The number of H-pyrrole nitrogens is 1. The number of ketones is 1. The number of rotatable bonds is 10. The number of halogens is 1. The number of carbonyl (C=O) groups is 1. The number of hydrogen-bond acceptors (Lipinski definition) is 6. The van der Waals surface area contributed by atoms with Crippen LogP contribution in [0.25, 0.3) is 6.08 Å². The summed E-state index contributed by atoms with van der Waals surface area (Å²) in [6, 6.07) is 1.59. The second-order valence-corrected chi connectivity index (χ2v) is 12.0. The fourth-order valence-corrected chi connectivity index (χ4v) is 6.57. The van der Waals surface area contributed by atoms with Gasteiger partial charge in [0.05, 0.1) is 23.5 Å². The molecular formula is C33H40FN5O2S. The number of fused-ring (bicyclic) bond motifs is 1. The van der Waals surface area contributed by atoms with Crippen LogP contribution >= 0.6 is 11.9 Å². The molecule has 0 bridgehead atoms. The van der Waals surface area contributed by atoms with Crippen molar-refractivity contribution in [3.63, 3.8) is 0 Å². The number of aromatic amines is 1. The predicted octanol–water partition coefficient (Wildman–Crippen LogP) is 7.96. The third kappa shape index (κ3) is 6.21. The van der Waals surface area contributed by atoms with Crippen LogP contribution in [-0.2, 0) is 11.2 Å². The summed E-state index contributed by atoms with van der Waals surface area (Å²) >= 11 is 1.87. The van der Waals surface area contributed by atoms with Crippen molar-refractivity contribution in [2.75, 3.05) is 18.0 Å². The molecule has 1 atom stereocenters. The zero-order valence-electron chi connectivity index (χ0n) is 24.9. The molecule has 222 valence electrons. The zero-order chi connectivity index (χ0) is 29.8. The minimum absolute atomic E-state index is 0.195. The third-order valence-corrected chi connectivity index (χ3v) is 8.98. The fourth-order valence-electron chi connectivity index (χ4n) is 5.47. The van der Waals surface area contributed by atoms with Crippen molar-refractivity contribution in [1.29, 1.82) is 0 Å². The van der Waals surface area contributed by atoms with Gasteiger partial charge in [0.2, 0.25) is 5.78 Å². The molecule has 3 N–H and O–H groups in total. The number of nitrogens with one attached hydrogen (secondary N) is 1. The molecule has 0 amide bonds. The Morgan fingerprint density at radius 3 is 2.86 bits per heavy atom. The first kappa shape index (κ1) is 29.8. The van der Waals surface area contributed by atoms with Crippen LogP contribution in [0, 0.1) is 0 Å². The maximum atomic E-state index is 14.5. The lowest BCUT2D eigenvalue weighted by Gasteiger charge is -2.20. The summed E-state index contributed by atoms with van der Waals surface area (Å²) in [5.74, 6) is 1.95. The summed E-state index contributed by atoms with van der Waals surface area (Å²) < 4.78 is 24.5. The predicted molar refractivity (Wildman–Crippen MR) is 169 cm³/mol. The van der Waals surface area contributed by atoms with E-state index in [2.05, 4.69) is 40.4 Å². The summed E-state index contributed by atoms with van der Waals surface area (Å²) in [7, 11) is 0. The summed E-state index contributed by atoms with van der Waals surface area (Å²) in [5, 5.41) is 4.51. The highest BCUT2D eigenvalue weighted by atomic mass is 32.2. The van der Waals surface area contributed by atoms with E-state index in [1.807, 2.05) is 49.2 Å². The molecule has 0 spiro atoms. The lowest BCUT2D eigenvalue weighted by atomic mass is 10.1. The standard InChI is InChI=1S/C33H40FN5O2S/c1-5-7-12-31(26(34)6-2)41-24-10-8-11-30(22(4)18-24)39-33(35)25(20-36-39)32(40)28-19-23-17-21(3)29(14-13-27(23)37-28)38-15-9-16-42-38/h8,10-11,14,17-20,30,37H,5-7,9,12-13,15-16,35H2,1-4H3/b31-26-.